The Morgan fingerprint density at radius 2 is 1.91 bits per heavy atom. The molecule has 4 rings (SSSR count). The van der Waals surface area contributed by atoms with Crippen LogP contribution in [0, 0.1) is 34.0 Å². The molecule has 4 aliphatic carbocycles. The van der Waals surface area contributed by atoms with E-state index in [-0.39, 0.29) is 23.5 Å². The molecule has 0 aromatic carbocycles. The molecule has 2 nitrogen and oxygen atoms in total. The number of hydrogen-bond acceptors (Lipinski definition) is 2. The van der Waals surface area contributed by atoms with E-state index >= 15 is 0 Å². The molecule has 1 spiro atoms. The lowest BCUT2D eigenvalue weighted by Crippen LogP contribution is -2.61. The lowest BCUT2D eigenvalue weighted by atomic mass is 9.39. The average molecular weight is 304 g/mol. The molecule has 22 heavy (non-hydrogen) atoms. The molecule has 7 unspecified atom stereocenters. The molecule has 2 N–H and O–H groups in total. The van der Waals surface area contributed by atoms with E-state index in [1.165, 1.54) is 32.1 Å². The van der Waals surface area contributed by atoms with Gasteiger partial charge in [0, 0.05) is 6.61 Å². The van der Waals surface area contributed by atoms with Crippen LogP contribution in [0.1, 0.15) is 65.7 Å². The summed E-state index contributed by atoms with van der Waals surface area (Å²) in [7, 11) is 0. The summed E-state index contributed by atoms with van der Waals surface area (Å²) in [6, 6.07) is 0. The number of allylic oxidation sites excluding steroid dienone is 2. The first-order valence-corrected chi connectivity index (χ1v) is 9.32. The van der Waals surface area contributed by atoms with Gasteiger partial charge in [-0.3, -0.25) is 0 Å². The molecule has 0 aromatic heterocycles. The van der Waals surface area contributed by atoms with Gasteiger partial charge in [0.1, 0.15) is 0 Å². The fourth-order valence-corrected chi connectivity index (χ4v) is 7.61. The molecular formula is C20H32O2. The fourth-order valence-electron chi connectivity index (χ4n) is 7.61. The normalized spacial score (nSPS) is 57.0. The summed E-state index contributed by atoms with van der Waals surface area (Å²) in [5.41, 5.74) is 2.11. The van der Waals surface area contributed by atoms with E-state index in [0.29, 0.717) is 17.3 Å². The third-order valence-corrected chi connectivity index (χ3v) is 8.60. The lowest BCUT2D eigenvalue weighted by Gasteiger charge is -2.66. The third-order valence-electron chi connectivity index (χ3n) is 8.60. The molecule has 3 fully saturated rings. The summed E-state index contributed by atoms with van der Waals surface area (Å²) >= 11 is 0. The van der Waals surface area contributed by atoms with Gasteiger partial charge in [0.2, 0.25) is 0 Å². The Morgan fingerprint density at radius 1 is 1.14 bits per heavy atom. The van der Waals surface area contributed by atoms with Crippen molar-refractivity contribution in [3.05, 3.63) is 11.6 Å². The summed E-state index contributed by atoms with van der Waals surface area (Å²) in [6.07, 6.45) is 10.6. The van der Waals surface area contributed by atoms with Crippen molar-refractivity contribution in [2.24, 2.45) is 34.0 Å². The minimum atomic E-state index is -0.238. The number of fused-ring (bicyclic) bond motifs is 2. The van der Waals surface area contributed by atoms with E-state index in [1.807, 2.05) is 0 Å². The Morgan fingerprint density at radius 3 is 2.64 bits per heavy atom. The Kier molecular flexibility index (Phi) is 3.18. The van der Waals surface area contributed by atoms with Crippen molar-refractivity contribution < 1.29 is 10.2 Å². The molecule has 0 saturated heterocycles. The number of aliphatic hydroxyl groups is 2. The van der Waals surface area contributed by atoms with Crippen LogP contribution in [-0.2, 0) is 0 Å². The summed E-state index contributed by atoms with van der Waals surface area (Å²) in [6.45, 7) is 7.26. The maximum Gasteiger partial charge on any atom is 0.0551 e. The van der Waals surface area contributed by atoms with Crippen LogP contribution in [0.2, 0.25) is 0 Å². The SMILES string of the molecule is CC1=CC2CCC3C(C)(CO)CC(O)CC3(C)C23CCC1C3. The molecule has 0 radical (unpaired) electrons. The van der Waals surface area contributed by atoms with Gasteiger partial charge in [-0.15, -0.1) is 0 Å². The van der Waals surface area contributed by atoms with E-state index < -0.39 is 0 Å². The second-order valence-corrected chi connectivity index (χ2v) is 9.53. The van der Waals surface area contributed by atoms with Gasteiger partial charge in [0.05, 0.1) is 6.10 Å². The Labute approximate surface area is 135 Å². The first-order valence-electron chi connectivity index (χ1n) is 9.32. The lowest BCUT2D eigenvalue weighted by molar-refractivity contribution is -0.192. The zero-order valence-electron chi connectivity index (χ0n) is 14.4. The molecule has 0 heterocycles. The van der Waals surface area contributed by atoms with Crippen molar-refractivity contribution >= 4 is 0 Å². The van der Waals surface area contributed by atoms with Crippen molar-refractivity contribution in [1.29, 1.82) is 0 Å². The molecule has 4 aliphatic rings. The van der Waals surface area contributed by atoms with Crippen LogP contribution in [-0.4, -0.2) is 22.9 Å². The monoisotopic (exact) mass is 304 g/mol. The van der Waals surface area contributed by atoms with Crippen LogP contribution in [0.25, 0.3) is 0 Å². The van der Waals surface area contributed by atoms with Gasteiger partial charge < -0.3 is 10.2 Å². The summed E-state index contributed by atoms with van der Waals surface area (Å²) in [5, 5.41) is 20.7. The molecule has 2 bridgehead atoms. The Hall–Kier alpha value is -0.340. The number of aliphatic hydroxyl groups excluding tert-OH is 2. The van der Waals surface area contributed by atoms with Crippen LogP contribution in [0.4, 0.5) is 0 Å². The van der Waals surface area contributed by atoms with Crippen molar-refractivity contribution in [2.75, 3.05) is 6.61 Å². The standard InChI is InChI=1S/C20H32O2/c1-13-8-15-4-5-17-18(2,12-21)10-16(22)11-19(17,3)20(15)7-6-14(13)9-20/h8,14-17,21-22H,4-7,9-12H2,1-3H3. The van der Waals surface area contributed by atoms with E-state index in [9.17, 15) is 10.2 Å². The summed E-state index contributed by atoms with van der Waals surface area (Å²) < 4.78 is 0. The molecule has 0 aliphatic heterocycles. The molecule has 7 atom stereocenters. The van der Waals surface area contributed by atoms with Gasteiger partial charge in [0.15, 0.2) is 0 Å². The predicted molar refractivity (Wildman–Crippen MR) is 88.3 cm³/mol. The van der Waals surface area contributed by atoms with Crippen LogP contribution in [0.15, 0.2) is 11.6 Å². The summed E-state index contributed by atoms with van der Waals surface area (Å²) in [5.74, 6) is 2.06. The van der Waals surface area contributed by atoms with Gasteiger partial charge in [-0.1, -0.05) is 25.5 Å². The minimum Gasteiger partial charge on any atom is -0.396 e. The van der Waals surface area contributed by atoms with E-state index in [4.69, 9.17) is 0 Å². The van der Waals surface area contributed by atoms with Gasteiger partial charge in [-0.05, 0) is 85.9 Å². The van der Waals surface area contributed by atoms with Crippen molar-refractivity contribution in [3.8, 4) is 0 Å². The highest BCUT2D eigenvalue weighted by molar-refractivity contribution is 5.26. The molecule has 124 valence electrons. The zero-order chi connectivity index (χ0) is 15.8. The van der Waals surface area contributed by atoms with Gasteiger partial charge in [-0.2, -0.15) is 0 Å². The summed E-state index contributed by atoms with van der Waals surface area (Å²) in [4.78, 5) is 0. The minimum absolute atomic E-state index is 0.0968. The maximum atomic E-state index is 10.6. The third kappa shape index (κ3) is 1.69. The predicted octanol–water partition coefficient (Wildman–Crippen LogP) is 3.92. The first kappa shape index (κ1) is 15.2. The van der Waals surface area contributed by atoms with E-state index in [0.717, 1.165) is 18.8 Å². The Balaban J connectivity index is 1.82. The number of hydrogen-bond donors (Lipinski definition) is 2. The molecular weight excluding hydrogens is 272 g/mol. The largest absolute Gasteiger partial charge is 0.396 e. The molecule has 0 amide bonds. The highest BCUT2D eigenvalue weighted by atomic mass is 16.3. The van der Waals surface area contributed by atoms with Crippen LogP contribution < -0.4 is 0 Å². The topological polar surface area (TPSA) is 40.5 Å². The van der Waals surface area contributed by atoms with Crippen LogP contribution in [0.3, 0.4) is 0 Å². The van der Waals surface area contributed by atoms with Crippen molar-refractivity contribution in [2.45, 2.75) is 71.8 Å². The molecule has 2 heteroatoms. The fraction of sp³-hybridized carbons (Fsp3) is 0.900. The second kappa shape index (κ2) is 4.60. The zero-order valence-corrected chi connectivity index (χ0v) is 14.4. The highest BCUT2D eigenvalue weighted by Crippen LogP contribution is 2.73. The highest BCUT2D eigenvalue weighted by Gasteiger charge is 2.66. The van der Waals surface area contributed by atoms with Gasteiger partial charge in [-0.25, -0.2) is 0 Å². The maximum absolute atomic E-state index is 10.6. The average Bonchev–Trinajstić information content (AvgIpc) is 2.84. The molecule has 0 aromatic rings. The second-order valence-electron chi connectivity index (χ2n) is 9.53. The molecule has 3 saturated carbocycles. The van der Waals surface area contributed by atoms with E-state index in [1.54, 1.807) is 5.57 Å². The van der Waals surface area contributed by atoms with Crippen molar-refractivity contribution in [1.82, 2.24) is 0 Å². The number of rotatable bonds is 1. The van der Waals surface area contributed by atoms with Crippen molar-refractivity contribution in [3.63, 3.8) is 0 Å². The first-order chi connectivity index (χ1) is 10.3. The smallest absolute Gasteiger partial charge is 0.0551 e. The van der Waals surface area contributed by atoms with Crippen LogP contribution >= 0.6 is 0 Å². The van der Waals surface area contributed by atoms with Gasteiger partial charge in [0.25, 0.3) is 0 Å². The van der Waals surface area contributed by atoms with Crippen LogP contribution in [0.5, 0.6) is 0 Å². The Bertz CT molecular complexity index is 512. The quantitative estimate of drug-likeness (QED) is 0.721. The van der Waals surface area contributed by atoms with E-state index in [2.05, 4.69) is 26.8 Å². The van der Waals surface area contributed by atoms with Gasteiger partial charge >= 0.3 is 0 Å².